The van der Waals surface area contributed by atoms with Gasteiger partial charge in [-0.25, -0.2) is 0 Å². The van der Waals surface area contributed by atoms with Crippen LogP contribution in [0.15, 0.2) is 35.7 Å². The normalized spacial score (nSPS) is 10.9. The monoisotopic (exact) mass is 313 g/mol. The van der Waals surface area contributed by atoms with Crippen LogP contribution >= 0.6 is 11.3 Å². The van der Waals surface area contributed by atoms with Crippen molar-refractivity contribution >= 4 is 11.3 Å². The number of benzene rings is 1. The molecule has 1 N–H and O–H groups in total. The minimum absolute atomic E-state index is 0.0602. The Morgan fingerprint density at radius 2 is 2.10 bits per heavy atom. The Labute approximate surface area is 126 Å². The first-order chi connectivity index (χ1) is 10.2. The molecule has 0 unspecified atom stereocenters. The lowest BCUT2D eigenvalue weighted by Crippen LogP contribution is -2.16. The smallest absolute Gasteiger partial charge is 0.387 e. The largest absolute Gasteiger partial charge is 0.493 e. The van der Waals surface area contributed by atoms with Gasteiger partial charge in [-0.2, -0.15) is 8.78 Å². The van der Waals surface area contributed by atoms with E-state index in [4.69, 9.17) is 4.74 Å². The number of rotatable bonds is 8. The minimum Gasteiger partial charge on any atom is -0.493 e. The van der Waals surface area contributed by atoms with Gasteiger partial charge in [-0.1, -0.05) is 12.1 Å². The second kappa shape index (κ2) is 7.95. The Balaban J connectivity index is 1.87. The van der Waals surface area contributed by atoms with Crippen LogP contribution in [0.25, 0.3) is 0 Å². The number of ether oxygens (including phenoxy) is 2. The molecule has 6 heteroatoms. The number of hydrogen-bond acceptors (Lipinski definition) is 4. The van der Waals surface area contributed by atoms with Gasteiger partial charge in [-0.05, 0) is 35.6 Å². The summed E-state index contributed by atoms with van der Waals surface area (Å²) in [5.74, 6) is 0.364. The average Bonchev–Trinajstić information content (AvgIpc) is 2.96. The van der Waals surface area contributed by atoms with Crippen LogP contribution in [0.5, 0.6) is 11.5 Å². The Hall–Kier alpha value is -1.66. The van der Waals surface area contributed by atoms with E-state index in [-0.39, 0.29) is 5.75 Å². The summed E-state index contributed by atoms with van der Waals surface area (Å²) in [6.07, 6.45) is 0.953. The van der Waals surface area contributed by atoms with E-state index >= 15 is 0 Å². The maximum Gasteiger partial charge on any atom is 0.387 e. The lowest BCUT2D eigenvalue weighted by molar-refractivity contribution is -0.0512. The number of hydrogen-bond donors (Lipinski definition) is 1. The molecule has 3 nitrogen and oxygen atoms in total. The lowest BCUT2D eigenvalue weighted by atomic mass is 10.2. The van der Waals surface area contributed by atoms with Gasteiger partial charge in [0.15, 0.2) is 11.5 Å². The first-order valence-corrected chi connectivity index (χ1v) is 7.42. The zero-order chi connectivity index (χ0) is 15.1. The highest BCUT2D eigenvalue weighted by Gasteiger charge is 2.11. The van der Waals surface area contributed by atoms with Crippen molar-refractivity contribution in [3.05, 3.63) is 46.2 Å². The van der Waals surface area contributed by atoms with E-state index in [1.54, 1.807) is 23.5 Å². The zero-order valence-electron chi connectivity index (χ0n) is 11.6. The zero-order valence-corrected chi connectivity index (χ0v) is 12.5. The third-order valence-corrected chi connectivity index (χ3v) is 3.84. The summed E-state index contributed by atoms with van der Waals surface area (Å²) in [5, 5.41) is 5.33. The summed E-state index contributed by atoms with van der Waals surface area (Å²) in [7, 11) is 1.42. The summed E-state index contributed by atoms with van der Waals surface area (Å²) in [5.41, 5.74) is 0.873. The molecule has 114 valence electrons. The number of methoxy groups -OCH3 is 1. The van der Waals surface area contributed by atoms with E-state index < -0.39 is 6.61 Å². The molecule has 2 rings (SSSR count). The van der Waals surface area contributed by atoms with Crippen LogP contribution in [-0.2, 0) is 13.0 Å². The van der Waals surface area contributed by atoms with Gasteiger partial charge in [0.05, 0.1) is 7.11 Å². The molecule has 0 aliphatic heterocycles. The molecular formula is C15H17F2NO2S. The second-order valence-electron chi connectivity index (χ2n) is 4.37. The van der Waals surface area contributed by atoms with E-state index in [9.17, 15) is 8.78 Å². The fraction of sp³-hybridized carbons (Fsp3) is 0.333. The molecule has 0 spiro atoms. The van der Waals surface area contributed by atoms with Crippen LogP contribution in [-0.4, -0.2) is 20.3 Å². The second-order valence-corrected chi connectivity index (χ2v) is 5.40. The molecule has 1 aromatic heterocycles. The third kappa shape index (κ3) is 4.99. The van der Waals surface area contributed by atoms with E-state index in [2.05, 4.69) is 16.1 Å². The predicted octanol–water partition coefficient (Wildman–Crippen LogP) is 3.69. The molecule has 0 saturated carbocycles. The van der Waals surface area contributed by atoms with Crippen molar-refractivity contribution in [3.8, 4) is 11.5 Å². The Bertz CT molecular complexity index is 547. The molecule has 0 aliphatic rings. The van der Waals surface area contributed by atoms with Gasteiger partial charge in [0.1, 0.15) is 0 Å². The van der Waals surface area contributed by atoms with Gasteiger partial charge in [0, 0.05) is 18.0 Å². The number of halogens is 2. The van der Waals surface area contributed by atoms with Crippen LogP contribution in [0.3, 0.4) is 0 Å². The first kappa shape index (κ1) is 15.7. The molecule has 21 heavy (non-hydrogen) atoms. The van der Waals surface area contributed by atoms with Crippen molar-refractivity contribution in [2.75, 3.05) is 13.7 Å². The topological polar surface area (TPSA) is 30.5 Å². The van der Waals surface area contributed by atoms with Crippen molar-refractivity contribution < 1.29 is 18.3 Å². The molecule has 0 bridgehead atoms. The van der Waals surface area contributed by atoms with E-state index in [1.165, 1.54) is 12.0 Å². The van der Waals surface area contributed by atoms with Crippen molar-refractivity contribution in [1.29, 1.82) is 0 Å². The molecule has 2 aromatic rings. The van der Waals surface area contributed by atoms with Gasteiger partial charge in [0.25, 0.3) is 0 Å². The molecule has 0 atom stereocenters. The Morgan fingerprint density at radius 3 is 2.76 bits per heavy atom. The Kier molecular flexibility index (Phi) is 5.95. The maximum atomic E-state index is 12.3. The highest BCUT2D eigenvalue weighted by Crippen LogP contribution is 2.29. The van der Waals surface area contributed by atoms with Crippen LogP contribution < -0.4 is 14.8 Å². The standard InChI is InChI=1S/C15H17F2NO2S/c1-19-13-5-4-11(9-14(13)20-15(16)17)10-18-7-6-12-3-2-8-21-12/h2-5,8-9,15,18H,6-7,10H2,1H3. The van der Waals surface area contributed by atoms with Gasteiger partial charge >= 0.3 is 6.61 Å². The molecule has 0 fully saturated rings. The van der Waals surface area contributed by atoms with Crippen LogP contribution in [0.1, 0.15) is 10.4 Å². The summed E-state index contributed by atoms with van der Waals surface area (Å²) >= 11 is 1.72. The summed E-state index contributed by atoms with van der Waals surface area (Å²) in [6.45, 7) is -1.44. The van der Waals surface area contributed by atoms with Gasteiger partial charge in [-0.3, -0.25) is 0 Å². The quantitative estimate of drug-likeness (QED) is 0.754. The molecule has 1 heterocycles. The molecule has 1 aromatic carbocycles. The number of nitrogens with one attached hydrogen (secondary N) is 1. The average molecular weight is 313 g/mol. The summed E-state index contributed by atoms with van der Waals surface area (Å²) in [4.78, 5) is 1.32. The van der Waals surface area contributed by atoms with Crippen molar-refractivity contribution in [1.82, 2.24) is 5.32 Å². The highest BCUT2D eigenvalue weighted by molar-refractivity contribution is 7.09. The van der Waals surface area contributed by atoms with Crippen molar-refractivity contribution in [2.24, 2.45) is 0 Å². The fourth-order valence-electron chi connectivity index (χ4n) is 1.92. The first-order valence-electron chi connectivity index (χ1n) is 6.54. The third-order valence-electron chi connectivity index (χ3n) is 2.90. The van der Waals surface area contributed by atoms with Gasteiger partial charge in [0.2, 0.25) is 0 Å². The summed E-state index contributed by atoms with van der Waals surface area (Å²) < 4.78 is 34.1. The predicted molar refractivity (Wildman–Crippen MR) is 79.4 cm³/mol. The van der Waals surface area contributed by atoms with Crippen LogP contribution in [0.4, 0.5) is 8.78 Å². The van der Waals surface area contributed by atoms with E-state index in [1.807, 2.05) is 17.5 Å². The minimum atomic E-state index is -2.86. The summed E-state index contributed by atoms with van der Waals surface area (Å²) in [6, 6.07) is 9.15. The molecule has 0 saturated heterocycles. The van der Waals surface area contributed by atoms with Crippen LogP contribution in [0, 0.1) is 0 Å². The molecule has 0 amide bonds. The fourth-order valence-corrected chi connectivity index (χ4v) is 2.63. The maximum absolute atomic E-state index is 12.3. The van der Waals surface area contributed by atoms with Crippen molar-refractivity contribution in [2.45, 2.75) is 19.6 Å². The Morgan fingerprint density at radius 1 is 1.24 bits per heavy atom. The highest BCUT2D eigenvalue weighted by atomic mass is 32.1. The van der Waals surface area contributed by atoms with E-state index in [0.29, 0.717) is 12.3 Å². The number of thiophene rings is 1. The molecule has 0 radical (unpaired) electrons. The lowest BCUT2D eigenvalue weighted by Gasteiger charge is -2.12. The van der Waals surface area contributed by atoms with Gasteiger partial charge < -0.3 is 14.8 Å². The van der Waals surface area contributed by atoms with Crippen molar-refractivity contribution in [3.63, 3.8) is 0 Å². The van der Waals surface area contributed by atoms with Gasteiger partial charge in [-0.15, -0.1) is 11.3 Å². The number of alkyl halides is 2. The molecule has 0 aliphatic carbocycles. The molecular weight excluding hydrogens is 296 g/mol. The van der Waals surface area contributed by atoms with Crippen LogP contribution in [0.2, 0.25) is 0 Å². The van der Waals surface area contributed by atoms with E-state index in [0.717, 1.165) is 18.5 Å². The SMILES string of the molecule is COc1ccc(CNCCc2cccs2)cc1OC(F)F.